The highest BCUT2D eigenvalue weighted by Gasteiger charge is 2.42. The molecule has 0 aromatic rings. The Balaban J connectivity index is 2.03. The maximum Gasteiger partial charge on any atom is 0.0629 e. The van der Waals surface area contributed by atoms with Crippen LogP contribution in [0.3, 0.4) is 0 Å². The predicted molar refractivity (Wildman–Crippen MR) is 58.3 cm³/mol. The highest BCUT2D eigenvalue weighted by molar-refractivity contribution is 4.94. The van der Waals surface area contributed by atoms with Crippen LogP contribution in [0.1, 0.15) is 40.0 Å². The van der Waals surface area contributed by atoms with Crippen LogP contribution in [0.25, 0.3) is 0 Å². The molecular weight excluding hydrogens is 174 g/mol. The van der Waals surface area contributed by atoms with E-state index < -0.39 is 0 Å². The zero-order valence-corrected chi connectivity index (χ0v) is 9.73. The molecule has 2 saturated heterocycles. The van der Waals surface area contributed by atoms with Gasteiger partial charge in [-0.1, -0.05) is 20.8 Å². The quantitative estimate of drug-likeness (QED) is 0.643. The molecule has 1 spiro atoms. The molecule has 2 aliphatic rings. The monoisotopic (exact) mass is 197 g/mol. The van der Waals surface area contributed by atoms with Gasteiger partial charge in [0.1, 0.15) is 0 Å². The zero-order valence-electron chi connectivity index (χ0n) is 9.73. The van der Waals surface area contributed by atoms with Crippen molar-refractivity contribution in [3.8, 4) is 0 Å². The van der Waals surface area contributed by atoms with E-state index in [1.54, 1.807) is 0 Å². The van der Waals surface area contributed by atoms with Crippen molar-refractivity contribution < 1.29 is 4.74 Å². The SMILES string of the molecule is CC(C)(C)C1CC2(CCNC2)CCO1. The van der Waals surface area contributed by atoms with Crippen molar-refractivity contribution in [3.63, 3.8) is 0 Å². The summed E-state index contributed by atoms with van der Waals surface area (Å²) in [6, 6.07) is 0. The maximum atomic E-state index is 5.90. The van der Waals surface area contributed by atoms with Crippen LogP contribution in [0.2, 0.25) is 0 Å². The van der Waals surface area contributed by atoms with E-state index in [4.69, 9.17) is 4.74 Å². The summed E-state index contributed by atoms with van der Waals surface area (Å²) in [7, 11) is 0. The standard InChI is InChI=1S/C12H23NO/c1-11(2,3)10-8-12(5-7-14-10)4-6-13-9-12/h10,13H,4-9H2,1-3H3. The molecule has 2 rings (SSSR count). The second-order valence-electron chi connectivity index (χ2n) is 6.11. The first-order chi connectivity index (χ1) is 6.52. The average Bonchev–Trinajstić information content (AvgIpc) is 2.52. The van der Waals surface area contributed by atoms with Gasteiger partial charge in [-0.2, -0.15) is 0 Å². The summed E-state index contributed by atoms with van der Waals surface area (Å²) < 4.78 is 5.90. The van der Waals surface area contributed by atoms with Gasteiger partial charge < -0.3 is 10.1 Å². The first-order valence-electron chi connectivity index (χ1n) is 5.84. The van der Waals surface area contributed by atoms with E-state index >= 15 is 0 Å². The van der Waals surface area contributed by atoms with E-state index in [1.807, 2.05) is 0 Å². The van der Waals surface area contributed by atoms with Crippen LogP contribution >= 0.6 is 0 Å². The molecule has 0 saturated carbocycles. The molecule has 2 nitrogen and oxygen atoms in total. The van der Waals surface area contributed by atoms with Crippen molar-refractivity contribution in [2.45, 2.75) is 46.1 Å². The molecule has 2 heterocycles. The third-order valence-corrected chi connectivity index (χ3v) is 3.87. The fourth-order valence-corrected chi connectivity index (χ4v) is 2.71. The molecular formula is C12H23NO. The van der Waals surface area contributed by atoms with Crippen molar-refractivity contribution in [1.29, 1.82) is 0 Å². The van der Waals surface area contributed by atoms with Crippen molar-refractivity contribution in [3.05, 3.63) is 0 Å². The molecule has 0 radical (unpaired) electrons. The lowest BCUT2D eigenvalue weighted by molar-refractivity contribution is -0.0914. The topological polar surface area (TPSA) is 21.3 Å². The van der Waals surface area contributed by atoms with Crippen molar-refractivity contribution in [2.24, 2.45) is 10.8 Å². The molecule has 0 aromatic carbocycles. The lowest BCUT2D eigenvalue weighted by atomic mass is 9.71. The van der Waals surface area contributed by atoms with Crippen molar-refractivity contribution in [1.82, 2.24) is 5.32 Å². The van der Waals surface area contributed by atoms with E-state index in [1.165, 1.54) is 32.4 Å². The summed E-state index contributed by atoms with van der Waals surface area (Å²) >= 11 is 0. The lowest BCUT2D eigenvalue weighted by Gasteiger charge is -2.43. The Morgan fingerprint density at radius 1 is 1.29 bits per heavy atom. The van der Waals surface area contributed by atoms with E-state index in [9.17, 15) is 0 Å². The van der Waals surface area contributed by atoms with Gasteiger partial charge in [-0.15, -0.1) is 0 Å². The van der Waals surface area contributed by atoms with E-state index in [-0.39, 0.29) is 0 Å². The first kappa shape index (κ1) is 10.4. The minimum atomic E-state index is 0.302. The molecule has 0 aromatic heterocycles. The molecule has 2 aliphatic heterocycles. The largest absolute Gasteiger partial charge is 0.378 e. The van der Waals surface area contributed by atoms with Gasteiger partial charge in [0, 0.05) is 13.2 Å². The average molecular weight is 197 g/mol. The maximum absolute atomic E-state index is 5.90. The van der Waals surface area contributed by atoms with Gasteiger partial charge in [-0.25, -0.2) is 0 Å². The number of ether oxygens (including phenoxy) is 1. The summed E-state index contributed by atoms with van der Waals surface area (Å²) in [5.74, 6) is 0. The Labute approximate surface area is 87.4 Å². The van der Waals surface area contributed by atoms with Crippen molar-refractivity contribution >= 4 is 0 Å². The Morgan fingerprint density at radius 3 is 2.64 bits per heavy atom. The minimum absolute atomic E-state index is 0.302. The Morgan fingerprint density at radius 2 is 2.07 bits per heavy atom. The molecule has 2 heteroatoms. The Kier molecular flexibility index (Phi) is 2.61. The van der Waals surface area contributed by atoms with Crippen LogP contribution in [0.5, 0.6) is 0 Å². The summed E-state index contributed by atoms with van der Waals surface area (Å²) in [5, 5.41) is 3.50. The Hall–Kier alpha value is -0.0800. The van der Waals surface area contributed by atoms with E-state index in [0.29, 0.717) is 16.9 Å². The van der Waals surface area contributed by atoms with Gasteiger partial charge in [0.05, 0.1) is 6.10 Å². The second-order valence-corrected chi connectivity index (χ2v) is 6.11. The molecule has 0 amide bonds. The molecule has 2 fully saturated rings. The third-order valence-electron chi connectivity index (χ3n) is 3.87. The summed E-state index contributed by atoms with van der Waals surface area (Å²) in [4.78, 5) is 0. The van der Waals surface area contributed by atoms with E-state index in [2.05, 4.69) is 26.1 Å². The van der Waals surface area contributed by atoms with Gasteiger partial charge >= 0.3 is 0 Å². The second kappa shape index (κ2) is 3.49. The molecule has 0 bridgehead atoms. The normalized spacial score (nSPS) is 39.2. The predicted octanol–water partition coefficient (Wildman–Crippen LogP) is 2.19. The number of hydrogen-bond acceptors (Lipinski definition) is 2. The van der Waals surface area contributed by atoms with Gasteiger partial charge in [0.2, 0.25) is 0 Å². The smallest absolute Gasteiger partial charge is 0.0629 e. The molecule has 82 valence electrons. The Bertz CT molecular complexity index is 201. The number of rotatable bonds is 0. The van der Waals surface area contributed by atoms with Crippen LogP contribution in [0.15, 0.2) is 0 Å². The van der Waals surface area contributed by atoms with E-state index in [0.717, 1.165) is 6.61 Å². The minimum Gasteiger partial charge on any atom is -0.378 e. The van der Waals surface area contributed by atoms with Crippen LogP contribution in [0.4, 0.5) is 0 Å². The van der Waals surface area contributed by atoms with Gasteiger partial charge in [0.15, 0.2) is 0 Å². The summed E-state index contributed by atoms with van der Waals surface area (Å²) in [6.45, 7) is 10.3. The van der Waals surface area contributed by atoms with Crippen LogP contribution in [-0.2, 0) is 4.74 Å². The molecule has 0 aliphatic carbocycles. The first-order valence-corrected chi connectivity index (χ1v) is 5.84. The summed E-state index contributed by atoms with van der Waals surface area (Å²) in [5.41, 5.74) is 0.867. The molecule has 14 heavy (non-hydrogen) atoms. The van der Waals surface area contributed by atoms with Crippen molar-refractivity contribution in [2.75, 3.05) is 19.7 Å². The lowest BCUT2D eigenvalue weighted by Crippen LogP contribution is -2.42. The van der Waals surface area contributed by atoms with Crippen LogP contribution in [-0.4, -0.2) is 25.8 Å². The van der Waals surface area contributed by atoms with Crippen LogP contribution < -0.4 is 5.32 Å². The van der Waals surface area contributed by atoms with Gasteiger partial charge in [0.25, 0.3) is 0 Å². The molecule has 2 unspecified atom stereocenters. The number of nitrogens with one attached hydrogen (secondary N) is 1. The fourth-order valence-electron chi connectivity index (χ4n) is 2.71. The van der Waals surface area contributed by atoms with Gasteiger partial charge in [-0.05, 0) is 36.6 Å². The highest BCUT2D eigenvalue weighted by Crippen LogP contribution is 2.43. The number of hydrogen-bond donors (Lipinski definition) is 1. The third kappa shape index (κ3) is 1.96. The molecule has 1 N–H and O–H groups in total. The zero-order chi connectivity index (χ0) is 10.2. The van der Waals surface area contributed by atoms with Gasteiger partial charge in [-0.3, -0.25) is 0 Å². The fraction of sp³-hybridized carbons (Fsp3) is 1.00. The summed E-state index contributed by atoms with van der Waals surface area (Å²) in [6.07, 6.45) is 4.31. The highest BCUT2D eigenvalue weighted by atomic mass is 16.5. The molecule has 2 atom stereocenters. The van der Waals surface area contributed by atoms with Crippen LogP contribution in [0, 0.1) is 10.8 Å².